The summed E-state index contributed by atoms with van der Waals surface area (Å²) in [6, 6.07) is 5.69. The van der Waals surface area contributed by atoms with Crippen LogP contribution < -0.4 is 9.47 Å². The second-order valence-corrected chi connectivity index (χ2v) is 11.8. The monoisotopic (exact) mass is 528 g/mol. The third kappa shape index (κ3) is 6.11. The zero-order chi connectivity index (χ0) is 25.7. The molecule has 2 fully saturated rings. The molecule has 190 valence electrons. The van der Waals surface area contributed by atoms with Crippen molar-refractivity contribution in [2.24, 2.45) is 23.7 Å². The number of hydrogen-bond donors (Lipinski definition) is 2. The molecule has 1 aromatic carbocycles. The van der Waals surface area contributed by atoms with Gasteiger partial charge < -0.3 is 19.7 Å². The number of ether oxygens (including phenoxy) is 2. The van der Waals surface area contributed by atoms with E-state index in [1.165, 1.54) is 23.5 Å². The molecule has 0 unspecified atom stereocenters. The van der Waals surface area contributed by atoms with E-state index in [2.05, 4.69) is 4.85 Å². The van der Waals surface area contributed by atoms with Crippen molar-refractivity contribution in [1.82, 2.24) is 0 Å². The van der Waals surface area contributed by atoms with Gasteiger partial charge in [-0.25, -0.2) is 10.1 Å². The molecule has 0 saturated heterocycles. The number of aliphatic carboxylic acids is 2. The Kier molecular flexibility index (Phi) is 8.71. The van der Waals surface area contributed by atoms with Crippen LogP contribution >= 0.6 is 23.5 Å². The van der Waals surface area contributed by atoms with Gasteiger partial charge in [-0.05, 0) is 75.3 Å². The molecule has 0 atom stereocenters. The van der Waals surface area contributed by atoms with Gasteiger partial charge in [0, 0.05) is 0 Å². The summed E-state index contributed by atoms with van der Waals surface area (Å²) in [5, 5.41) is 27.8. The molecule has 0 spiro atoms. The Labute approximate surface area is 218 Å². The number of allylic oxidation sites excluding steroid dienone is 1. The summed E-state index contributed by atoms with van der Waals surface area (Å²) in [6.07, 6.45) is 5.91. The molecule has 0 amide bonds. The van der Waals surface area contributed by atoms with Gasteiger partial charge in [0.05, 0.1) is 51.7 Å². The average molecular weight is 529 g/mol. The number of hydrogen-bond acceptors (Lipinski definition) is 7. The molecule has 1 aromatic rings. The summed E-state index contributed by atoms with van der Waals surface area (Å²) in [6.45, 7) is 8.31. The first kappa shape index (κ1) is 26.2. The maximum absolute atomic E-state index is 11.2. The van der Waals surface area contributed by atoms with Crippen LogP contribution in [0.2, 0.25) is 0 Å². The number of benzene rings is 1. The minimum absolute atomic E-state index is 0.0390. The van der Waals surface area contributed by atoms with Crippen molar-refractivity contribution in [3.05, 3.63) is 33.5 Å². The first-order valence-electron chi connectivity index (χ1n) is 12.1. The minimum atomic E-state index is -0.724. The van der Waals surface area contributed by atoms with E-state index in [4.69, 9.17) is 16.0 Å². The van der Waals surface area contributed by atoms with Crippen molar-refractivity contribution in [3.63, 3.8) is 0 Å². The molecule has 4 rings (SSSR count). The van der Waals surface area contributed by atoms with Gasteiger partial charge in [0.1, 0.15) is 11.5 Å². The van der Waals surface area contributed by atoms with Crippen LogP contribution in [0.5, 0.6) is 11.5 Å². The molecule has 36 heavy (non-hydrogen) atoms. The number of nitriles is 1. The number of carbonyl (C=O) groups is 2. The highest BCUT2D eigenvalue weighted by Crippen LogP contribution is 2.59. The fourth-order valence-electron chi connectivity index (χ4n) is 4.93. The van der Waals surface area contributed by atoms with E-state index in [0.29, 0.717) is 66.5 Å². The van der Waals surface area contributed by atoms with Crippen LogP contribution in [0.4, 0.5) is 0 Å². The third-order valence-electron chi connectivity index (χ3n) is 7.18. The molecule has 3 aliphatic rings. The lowest BCUT2D eigenvalue weighted by Crippen LogP contribution is -2.24. The molecule has 8 nitrogen and oxygen atoms in total. The lowest BCUT2D eigenvalue weighted by atomic mass is 9.82. The normalized spacial score (nSPS) is 25.2. The van der Waals surface area contributed by atoms with Gasteiger partial charge in [0.2, 0.25) is 0 Å². The van der Waals surface area contributed by atoms with Crippen molar-refractivity contribution in [2.45, 2.75) is 61.2 Å². The largest absolute Gasteiger partial charge is 0.492 e. The van der Waals surface area contributed by atoms with Gasteiger partial charge in [-0.3, -0.25) is 9.59 Å². The molecule has 2 aliphatic carbocycles. The van der Waals surface area contributed by atoms with Gasteiger partial charge in [-0.2, -0.15) is 0 Å². The maximum Gasteiger partial charge on any atom is 0.306 e. The van der Waals surface area contributed by atoms with Crippen molar-refractivity contribution < 1.29 is 29.3 Å². The SMILES string of the molecule is [C-]#[N+]C(C#N)=C1Sc2c(OCC3CCC(C(=O)O)CC3)ccc(OCC3CCC(C(=O)O)CC3)c2S1. The minimum Gasteiger partial charge on any atom is -0.492 e. The fraction of sp³-hybridized carbons (Fsp3) is 0.538. The van der Waals surface area contributed by atoms with Gasteiger partial charge in [-0.1, -0.05) is 23.5 Å². The molecular weight excluding hydrogens is 500 g/mol. The van der Waals surface area contributed by atoms with Crippen molar-refractivity contribution in [3.8, 4) is 17.6 Å². The zero-order valence-corrected chi connectivity index (χ0v) is 21.4. The molecule has 0 aromatic heterocycles. The third-order valence-corrected chi connectivity index (χ3v) is 9.79. The van der Waals surface area contributed by atoms with E-state index >= 15 is 0 Å². The number of rotatable bonds is 8. The van der Waals surface area contributed by atoms with Crippen LogP contribution in [0, 0.1) is 41.6 Å². The first-order valence-corrected chi connectivity index (χ1v) is 13.8. The molecule has 0 radical (unpaired) electrons. The highest BCUT2D eigenvalue weighted by molar-refractivity contribution is 8.24. The Morgan fingerprint density at radius 2 is 1.31 bits per heavy atom. The van der Waals surface area contributed by atoms with Crippen molar-refractivity contribution in [2.75, 3.05) is 13.2 Å². The molecule has 10 heteroatoms. The maximum atomic E-state index is 11.2. The van der Waals surface area contributed by atoms with Crippen molar-refractivity contribution in [1.29, 1.82) is 5.26 Å². The quantitative estimate of drug-likeness (QED) is 0.307. The summed E-state index contributed by atoms with van der Waals surface area (Å²) in [7, 11) is 0. The van der Waals surface area contributed by atoms with Crippen LogP contribution in [0.25, 0.3) is 4.85 Å². The molecule has 2 N–H and O–H groups in total. The molecular formula is C26H28N2O6S2. The lowest BCUT2D eigenvalue weighted by Gasteiger charge is -2.27. The zero-order valence-electron chi connectivity index (χ0n) is 19.8. The summed E-state index contributed by atoms with van der Waals surface area (Å²) >= 11 is 2.70. The van der Waals surface area contributed by atoms with Gasteiger partial charge in [-0.15, -0.1) is 0 Å². The number of nitrogens with zero attached hydrogens (tertiary/aromatic N) is 2. The van der Waals surface area contributed by atoms with Crippen LogP contribution in [0.15, 0.2) is 31.9 Å². The number of carboxylic acid groups (broad SMARTS) is 2. The smallest absolute Gasteiger partial charge is 0.306 e. The first-order chi connectivity index (χ1) is 17.4. The fourth-order valence-corrected chi connectivity index (χ4v) is 7.44. The van der Waals surface area contributed by atoms with Crippen LogP contribution in [0.1, 0.15) is 51.4 Å². The Hall–Kier alpha value is -2.82. The van der Waals surface area contributed by atoms with E-state index in [1.807, 2.05) is 18.2 Å². The molecule has 1 heterocycles. The van der Waals surface area contributed by atoms with Crippen LogP contribution in [-0.4, -0.2) is 35.4 Å². The summed E-state index contributed by atoms with van der Waals surface area (Å²) in [4.78, 5) is 27.4. The highest BCUT2D eigenvalue weighted by Gasteiger charge is 2.31. The summed E-state index contributed by atoms with van der Waals surface area (Å²) < 4.78 is 13.0. The number of thioether (sulfide) groups is 2. The second-order valence-electron chi connectivity index (χ2n) is 9.52. The number of carboxylic acids is 2. The standard InChI is InChI=1S/C26H28N2O6S2/c1-28-19(12-27)26-35-22-20(33-13-15-2-6-17(7-3-15)24(29)30)10-11-21(23(22)36-26)34-14-16-4-8-18(9-5-16)25(31)32/h10-11,15-18H,2-9,13-14H2,(H,29,30)(H,31,32). The van der Waals surface area contributed by atoms with E-state index in [-0.39, 0.29) is 17.5 Å². The van der Waals surface area contributed by atoms with E-state index in [1.54, 1.807) is 0 Å². The Morgan fingerprint density at radius 3 is 1.64 bits per heavy atom. The summed E-state index contributed by atoms with van der Waals surface area (Å²) in [5.41, 5.74) is 0.0390. The van der Waals surface area contributed by atoms with Crippen LogP contribution in [0.3, 0.4) is 0 Å². The Balaban J connectivity index is 1.44. The van der Waals surface area contributed by atoms with E-state index in [9.17, 15) is 25.1 Å². The van der Waals surface area contributed by atoms with Gasteiger partial charge in [0.15, 0.2) is 0 Å². The van der Waals surface area contributed by atoms with Crippen LogP contribution in [-0.2, 0) is 9.59 Å². The highest BCUT2D eigenvalue weighted by atomic mass is 32.2. The van der Waals surface area contributed by atoms with E-state index in [0.717, 1.165) is 35.5 Å². The molecule has 1 aliphatic heterocycles. The molecule has 2 saturated carbocycles. The predicted molar refractivity (Wildman–Crippen MR) is 135 cm³/mol. The topological polar surface area (TPSA) is 121 Å². The van der Waals surface area contributed by atoms with E-state index < -0.39 is 11.9 Å². The second kappa shape index (κ2) is 11.9. The Morgan fingerprint density at radius 1 is 0.889 bits per heavy atom. The summed E-state index contributed by atoms with van der Waals surface area (Å²) in [5.74, 6) is -0.0428. The Bertz CT molecular complexity index is 1040. The predicted octanol–water partition coefficient (Wildman–Crippen LogP) is 6.04. The van der Waals surface area contributed by atoms with Crippen molar-refractivity contribution >= 4 is 35.5 Å². The van der Waals surface area contributed by atoms with Gasteiger partial charge in [0.25, 0.3) is 5.70 Å². The molecule has 0 bridgehead atoms. The van der Waals surface area contributed by atoms with Gasteiger partial charge >= 0.3 is 11.9 Å². The number of fused-ring (bicyclic) bond motifs is 1. The lowest BCUT2D eigenvalue weighted by molar-refractivity contribution is -0.144. The average Bonchev–Trinajstić information content (AvgIpc) is 3.33.